The summed E-state index contributed by atoms with van der Waals surface area (Å²) in [7, 11) is 11.4. The number of fused-ring (bicyclic) bond motifs is 9. The minimum Gasteiger partial charge on any atom is -0.434 e. The average Bonchev–Trinajstić information content (AvgIpc) is 3.39. The van der Waals surface area contributed by atoms with Gasteiger partial charge < -0.3 is 25.5 Å². The van der Waals surface area contributed by atoms with Crippen molar-refractivity contribution in [2.45, 2.75) is 55.8 Å². The summed E-state index contributed by atoms with van der Waals surface area (Å²) < 4.78 is 33.3. The maximum atomic E-state index is 13.3. The zero-order valence-corrected chi connectivity index (χ0v) is 21.9. The lowest BCUT2D eigenvalue weighted by Crippen LogP contribution is -2.64. The maximum Gasteiger partial charge on any atom is 0.387 e. The molecule has 1 aliphatic carbocycles. The van der Waals surface area contributed by atoms with E-state index in [1.165, 1.54) is 12.1 Å². The van der Waals surface area contributed by atoms with Crippen LogP contribution in [0.4, 0.5) is 8.78 Å². The van der Waals surface area contributed by atoms with Crippen LogP contribution in [0.25, 0.3) is 22.4 Å². The van der Waals surface area contributed by atoms with Crippen LogP contribution in [0.5, 0.6) is 5.75 Å². The number of rotatable bonds is 5. The number of amides is 1. The Labute approximate surface area is 235 Å². The highest BCUT2D eigenvalue weighted by Gasteiger charge is 2.57. The molecule has 2 atom stereocenters. The van der Waals surface area contributed by atoms with E-state index in [4.69, 9.17) is 36.1 Å². The van der Waals surface area contributed by atoms with Gasteiger partial charge >= 0.3 is 6.61 Å². The van der Waals surface area contributed by atoms with Crippen molar-refractivity contribution >= 4 is 32.8 Å². The number of pyridine rings is 1. The second kappa shape index (κ2) is 8.56. The Hall–Kier alpha value is -3.90. The van der Waals surface area contributed by atoms with Gasteiger partial charge in [-0.3, -0.25) is 4.79 Å². The first kappa shape index (κ1) is 26.0. The highest BCUT2D eigenvalue weighted by atomic mass is 19.3. The number of nitrogens with zero attached hydrogens (tertiary/aromatic N) is 5. The van der Waals surface area contributed by atoms with Crippen molar-refractivity contribution in [2.75, 3.05) is 0 Å². The number of carbonyl (C=O) groups is 1. The first-order valence-corrected chi connectivity index (χ1v) is 13.1. The summed E-state index contributed by atoms with van der Waals surface area (Å²) >= 11 is 0. The van der Waals surface area contributed by atoms with Crippen LogP contribution in [-0.4, -0.2) is 63.2 Å². The molecular weight excluding hydrogens is 530 g/mol. The van der Waals surface area contributed by atoms with Crippen LogP contribution in [0.3, 0.4) is 0 Å². The molecule has 14 heteroatoms. The minimum atomic E-state index is -3.05. The molecule has 1 unspecified atom stereocenters. The largest absolute Gasteiger partial charge is 0.434 e. The van der Waals surface area contributed by atoms with Crippen molar-refractivity contribution in [3.05, 3.63) is 65.5 Å². The van der Waals surface area contributed by atoms with Gasteiger partial charge in [-0.05, 0) is 47.9 Å². The standard InChI is InChI=1S/C27H23B2F2N7O3/c1-25(27(28,29)40)10-26(32,11-25)23-33-8-12(9-34-23)14-5-6-15-20(35-14)38-17-7-16(21(38)36-15)37-22(39)13-3-2-4-18(19(13)17)41-24(30)31/h2-6,8-9,16-17,24,40H,7,10-11,32H2,1H3,(H,37,39)/t16?,17-,25?,26?/m1/s1. The Bertz CT molecular complexity index is 1720. The quantitative estimate of drug-likeness (QED) is 0.320. The molecule has 2 aliphatic heterocycles. The van der Waals surface area contributed by atoms with Crippen LogP contribution in [0.2, 0.25) is 0 Å². The Balaban J connectivity index is 1.26. The fourth-order valence-electron chi connectivity index (χ4n) is 6.53. The Morgan fingerprint density at radius 3 is 2.61 bits per heavy atom. The molecule has 1 amide bonds. The van der Waals surface area contributed by atoms with Gasteiger partial charge in [0, 0.05) is 35.5 Å². The smallest absolute Gasteiger partial charge is 0.387 e. The third-order valence-corrected chi connectivity index (χ3v) is 8.58. The number of halogens is 2. The second-order valence-electron chi connectivity index (χ2n) is 11.4. The summed E-state index contributed by atoms with van der Waals surface area (Å²) in [5, 5.41) is 11.2. The van der Waals surface area contributed by atoms with Gasteiger partial charge in [-0.2, -0.15) is 8.78 Å². The number of benzene rings is 1. The monoisotopic (exact) mass is 553 g/mol. The summed E-state index contributed by atoms with van der Waals surface area (Å²) in [6.45, 7) is -1.28. The van der Waals surface area contributed by atoms with Gasteiger partial charge in [0.25, 0.3) is 5.91 Å². The molecule has 41 heavy (non-hydrogen) atoms. The van der Waals surface area contributed by atoms with Crippen molar-refractivity contribution in [1.82, 2.24) is 29.8 Å². The van der Waals surface area contributed by atoms with Crippen molar-refractivity contribution in [1.29, 1.82) is 0 Å². The van der Waals surface area contributed by atoms with E-state index in [-0.39, 0.29) is 17.2 Å². The van der Waals surface area contributed by atoms with Crippen molar-refractivity contribution in [2.24, 2.45) is 11.1 Å². The fraction of sp³-hybridized carbons (Fsp3) is 0.370. The minimum absolute atomic E-state index is 0.0568. The lowest BCUT2D eigenvalue weighted by Gasteiger charge is -2.58. The molecule has 1 saturated carbocycles. The molecule has 1 aromatic carbocycles. The van der Waals surface area contributed by atoms with E-state index in [9.17, 15) is 18.7 Å². The fourth-order valence-corrected chi connectivity index (χ4v) is 6.53. The van der Waals surface area contributed by atoms with Crippen LogP contribution in [-0.2, 0) is 5.54 Å². The molecule has 5 heterocycles. The zero-order valence-electron chi connectivity index (χ0n) is 21.9. The van der Waals surface area contributed by atoms with Crippen LogP contribution in [0.15, 0.2) is 42.7 Å². The third kappa shape index (κ3) is 3.87. The van der Waals surface area contributed by atoms with Gasteiger partial charge in [-0.1, -0.05) is 13.0 Å². The first-order valence-electron chi connectivity index (χ1n) is 13.1. The van der Waals surface area contributed by atoms with E-state index in [1.54, 1.807) is 37.5 Å². The maximum absolute atomic E-state index is 13.3. The van der Waals surface area contributed by atoms with E-state index in [0.29, 0.717) is 58.9 Å². The van der Waals surface area contributed by atoms with Gasteiger partial charge in [0.1, 0.15) is 22.9 Å². The number of hydrogen-bond donors (Lipinski definition) is 3. The van der Waals surface area contributed by atoms with Gasteiger partial charge in [-0.25, -0.2) is 19.9 Å². The topological polar surface area (TPSA) is 141 Å². The Kier molecular flexibility index (Phi) is 5.43. The predicted octanol–water partition coefficient (Wildman–Crippen LogP) is 2.20. The van der Waals surface area contributed by atoms with E-state index >= 15 is 0 Å². The molecule has 1 fully saturated rings. The average molecular weight is 553 g/mol. The van der Waals surface area contributed by atoms with E-state index in [2.05, 4.69) is 15.3 Å². The van der Waals surface area contributed by atoms with Crippen molar-refractivity contribution in [3.8, 4) is 17.0 Å². The van der Waals surface area contributed by atoms with E-state index < -0.39 is 35.0 Å². The molecule has 4 aromatic rings. The second-order valence-corrected chi connectivity index (χ2v) is 11.4. The van der Waals surface area contributed by atoms with Crippen molar-refractivity contribution in [3.63, 3.8) is 0 Å². The number of hydrogen-bond acceptors (Lipinski definition) is 8. The number of alkyl halides is 2. The molecule has 3 aliphatic rings. The van der Waals surface area contributed by atoms with Crippen LogP contribution >= 0.6 is 0 Å². The summed E-state index contributed by atoms with van der Waals surface area (Å²) in [5.41, 5.74) is 7.80. The van der Waals surface area contributed by atoms with E-state index in [1.807, 2.05) is 4.57 Å². The number of carbonyl (C=O) groups excluding carboxylic acids is 1. The van der Waals surface area contributed by atoms with E-state index in [0.717, 1.165) is 0 Å². The SMILES string of the molecule is [B]C([B])(O)C1(C)CC(N)(c2ncc(-c3ccc4nc5n(c4n3)[C@@H]3CC5NC(=O)c4cccc(OC(F)F)c43)cn2)C1. The van der Waals surface area contributed by atoms with Gasteiger partial charge in [0.2, 0.25) is 0 Å². The molecule has 4 radical (unpaired) electrons. The first-order chi connectivity index (χ1) is 19.4. The third-order valence-electron chi connectivity index (χ3n) is 8.58. The van der Waals surface area contributed by atoms with Crippen LogP contribution in [0, 0.1) is 5.41 Å². The number of nitrogens with two attached hydrogens (primary N) is 1. The number of nitrogens with one attached hydrogen (secondary N) is 1. The summed E-state index contributed by atoms with van der Waals surface area (Å²) in [4.78, 5) is 31.5. The summed E-state index contributed by atoms with van der Waals surface area (Å²) in [6.07, 6.45) is 4.28. The molecular formula is C27H23B2F2N7O3. The Morgan fingerprint density at radius 2 is 1.93 bits per heavy atom. The molecule has 3 aromatic heterocycles. The van der Waals surface area contributed by atoms with Gasteiger partial charge in [-0.15, -0.1) is 0 Å². The summed E-state index contributed by atoms with van der Waals surface area (Å²) in [5.74, 6) is 0.561. The highest BCUT2D eigenvalue weighted by Crippen LogP contribution is 2.55. The molecule has 4 N–H and O–H groups in total. The molecule has 0 spiro atoms. The molecule has 7 rings (SSSR count). The van der Waals surface area contributed by atoms with Crippen molar-refractivity contribution < 1.29 is 23.4 Å². The molecule has 0 saturated heterocycles. The normalized spacial score (nSPS) is 26.7. The predicted molar refractivity (Wildman–Crippen MR) is 144 cm³/mol. The lowest BCUT2D eigenvalue weighted by atomic mass is 9.40. The molecule has 204 valence electrons. The zero-order chi connectivity index (χ0) is 28.9. The number of imidazole rings is 1. The lowest BCUT2D eigenvalue weighted by molar-refractivity contribution is -0.0588. The Morgan fingerprint density at radius 1 is 1.20 bits per heavy atom. The highest BCUT2D eigenvalue weighted by molar-refractivity contribution is 6.39. The number of ether oxygens (including phenoxy) is 1. The summed E-state index contributed by atoms with van der Waals surface area (Å²) in [6, 6.07) is 7.21. The molecule has 2 bridgehead atoms. The molecule has 10 nitrogen and oxygen atoms in total. The number of aromatic nitrogens is 5. The number of aliphatic hydroxyl groups is 1. The van der Waals surface area contributed by atoms with Crippen LogP contribution < -0.4 is 15.8 Å². The van der Waals surface area contributed by atoms with Gasteiger partial charge in [0.05, 0.1) is 39.0 Å². The van der Waals surface area contributed by atoms with Gasteiger partial charge in [0.15, 0.2) is 5.65 Å². The van der Waals surface area contributed by atoms with Crippen LogP contribution in [0.1, 0.15) is 65.8 Å².